The topological polar surface area (TPSA) is 109 Å². The molecule has 1 amide bonds. The van der Waals surface area contributed by atoms with Gasteiger partial charge in [-0.15, -0.1) is 0 Å². The molecule has 0 atom stereocenters. The third kappa shape index (κ3) is 6.52. The molecule has 0 bridgehead atoms. The van der Waals surface area contributed by atoms with E-state index >= 15 is 0 Å². The van der Waals surface area contributed by atoms with E-state index in [0.29, 0.717) is 28.4 Å². The Morgan fingerprint density at radius 1 is 1.03 bits per heavy atom. The number of benzene rings is 3. The molecule has 182 valence electrons. The van der Waals surface area contributed by atoms with Gasteiger partial charge in [-0.05, 0) is 61.9 Å². The Bertz CT molecular complexity index is 1330. The number of nitrogens with zero attached hydrogens (tertiary/aromatic N) is 2. The van der Waals surface area contributed by atoms with Crippen LogP contribution in [0.5, 0.6) is 11.5 Å². The number of ether oxygens (including phenoxy) is 2. The summed E-state index contributed by atoms with van der Waals surface area (Å²) in [5, 5.41) is 11.4. The lowest BCUT2D eigenvalue weighted by Crippen LogP contribution is -2.34. The highest BCUT2D eigenvalue weighted by Gasteiger charge is 2.27. The summed E-state index contributed by atoms with van der Waals surface area (Å²) < 4.78 is 39.0. The second-order valence-electron chi connectivity index (χ2n) is 7.82. The first-order valence-corrected chi connectivity index (χ1v) is 12.3. The normalized spacial score (nSPS) is 10.8. The highest BCUT2D eigenvalue weighted by Crippen LogP contribution is 2.28. The van der Waals surface area contributed by atoms with E-state index in [0.717, 1.165) is 5.56 Å². The molecule has 0 saturated heterocycles. The molecule has 3 aromatic rings. The molecule has 0 unspecified atom stereocenters. The van der Waals surface area contributed by atoms with Crippen molar-refractivity contribution in [3.63, 3.8) is 0 Å². The highest BCUT2D eigenvalue weighted by molar-refractivity contribution is 7.92. The fourth-order valence-electron chi connectivity index (χ4n) is 3.55. The Labute approximate surface area is 205 Å². The van der Waals surface area contributed by atoms with Crippen molar-refractivity contribution >= 4 is 27.3 Å². The zero-order chi connectivity index (χ0) is 25.4. The van der Waals surface area contributed by atoms with Gasteiger partial charge in [0.2, 0.25) is 5.91 Å². The second-order valence-corrected chi connectivity index (χ2v) is 9.65. The van der Waals surface area contributed by atoms with Crippen LogP contribution in [0.15, 0.2) is 71.6 Å². The van der Waals surface area contributed by atoms with Crippen LogP contribution in [-0.2, 0) is 14.8 Å². The Balaban J connectivity index is 1.83. The summed E-state index contributed by atoms with van der Waals surface area (Å²) in [5.41, 5.74) is 2.49. The first-order valence-electron chi connectivity index (χ1n) is 10.9. The first-order chi connectivity index (χ1) is 16.7. The van der Waals surface area contributed by atoms with Crippen LogP contribution >= 0.6 is 0 Å². The second kappa shape index (κ2) is 11.4. The summed E-state index contributed by atoms with van der Waals surface area (Å²) >= 11 is 0. The maximum atomic E-state index is 13.7. The average molecular weight is 494 g/mol. The van der Waals surface area contributed by atoms with Crippen LogP contribution in [-0.4, -0.2) is 34.6 Å². The molecule has 0 radical (unpaired) electrons. The molecule has 0 saturated carbocycles. The molecule has 0 spiro atoms. The van der Waals surface area contributed by atoms with E-state index in [2.05, 4.69) is 5.32 Å². The minimum Gasteiger partial charge on any atom is -0.497 e. The van der Waals surface area contributed by atoms with Crippen LogP contribution < -0.4 is 19.1 Å². The van der Waals surface area contributed by atoms with Gasteiger partial charge in [-0.1, -0.05) is 23.8 Å². The lowest BCUT2D eigenvalue weighted by Gasteiger charge is -2.25. The van der Waals surface area contributed by atoms with Gasteiger partial charge in [-0.25, -0.2) is 8.42 Å². The number of carbonyl (C=O) groups excluding carboxylic acids is 1. The number of nitriles is 1. The number of hydrogen-bond acceptors (Lipinski definition) is 6. The summed E-state index contributed by atoms with van der Waals surface area (Å²) in [6.07, 6.45) is -0.0839. The van der Waals surface area contributed by atoms with Crippen LogP contribution in [0.1, 0.15) is 17.5 Å². The smallest absolute Gasteiger partial charge is 0.264 e. The van der Waals surface area contributed by atoms with Crippen LogP contribution in [0.2, 0.25) is 0 Å². The lowest BCUT2D eigenvalue weighted by molar-refractivity contribution is -0.116. The summed E-state index contributed by atoms with van der Waals surface area (Å²) in [6.45, 7) is 3.47. The van der Waals surface area contributed by atoms with Crippen molar-refractivity contribution in [1.29, 1.82) is 5.26 Å². The van der Waals surface area contributed by atoms with Gasteiger partial charge in [-0.2, -0.15) is 5.26 Å². The van der Waals surface area contributed by atoms with Crippen molar-refractivity contribution in [1.82, 2.24) is 0 Å². The van der Waals surface area contributed by atoms with Gasteiger partial charge in [0, 0.05) is 24.7 Å². The zero-order valence-corrected chi connectivity index (χ0v) is 20.6. The highest BCUT2D eigenvalue weighted by atomic mass is 32.2. The van der Waals surface area contributed by atoms with Gasteiger partial charge < -0.3 is 14.8 Å². The Morgan fingerprint density at radius 2 is 1.77 bits per heavy atom. The summed E-state index contributed by atoms with van der Waals surface area (Å²) in [7, 11) is -2.41. The standard InChI is InChI=1S/C26H27N3O5S/c1-19-7-12-25(20(2)17-19)35(31,32)29(22-8-10-23(33-3)11-9-22)15-13-26(30)28-21-5-4-6-24(18-21)34-16-14-27/h4-12,17-18H,13,15-16H2,1-3H3,(H,28,30). The summed E-state index contributed by atoms with van der Waals surface area (Å²) in [5.74, 6) is 0.673. The molecule has 1 N–H and O–H groups in total. The van der Waals surface area contributed by atoms with Gasteiger partial charge in [-0.3, -0.25) is 9.10 Å². The van der Waals surface area contributed by atoms with Crippen LogP contribution in [0.25, 0.3) is 0 Å². The maximum absolute atomic E-state index is 13.7. The number of aryl methyl sites for hydroxylation is 2. The fraction of sp³-hybridized carbons (Fsp3) is 0.231. The number of nitrogens with one attached hydrogen (secondary N) is 1. The molecule has 3 rings (SSSR count). The zero-order valence-electron chi connectivity index (χ0n) is 19.8. The fourth-order valence-corrected chi connectivity index (χ4v) is 5.22. The van der Waals surface area contributed by atoms with E-state index in [1.165, 1.54) is 11.4 Å². The maximum Gasteiger partial charge on any atom is 0.264 e. The Morgan fingerprint density at radius 3 is 2.43 bits per heavy atom. The third-order valence-corrected chi connectivity index (χ3v) is 7.21. The minimum atomic E-state index is -3.94. The van der Waals surface area contributed by atoms with E-state index in [1.807, 2.05) is 19.1 Å². The molecule has 9 heteroatoms. The Hall–Kier alpha value is -4.03. The van der Waals surface area contributed by atoms with Gasteiger partial charge in [0.15, 0.2) is 6.61 Å². The number of rotatable bonds is 10. The molecular weight excluding hydrogens is 466 g/mol. The number of carbonyl (C=O) groups is 1. The van der Waals surface area contributed by atoms with Crippen molar-refractivity contribution in [2.45, 2.75) is 25.2 Å². The van der Waals surface area contributed by atoms with Crippen molar-refractivity contribution in [2.24, 2.45) is 0 Å². The summed E-state index contributed by atoms with van der Waals surface area (Å²) in [4.78, 5) is 12.9. The van der Waals surface area contributed by atoms with Crippen molar-refractivity contribution < 1.29 is 22.7 Å². The van der Waals surface area contributed by atoms with Crippen molar-refractivity contribution in [3.05, 3.63) is 77.9 Å². The van der Waals surface area contributed by atoms with E-state index < -0.39 is 10.0 Å². The number of amides is 1. The molecule has 0 aromatic heterocycles. The monoisotopic (exact) mass is 493 g/mol. The molecule has 0 aliphatic heterocycles. The predicted octanol–water partition coefficient (Wildman–Crippen LogP) is 4.44. The van der Waals surface area contributed by atoms with Crippen molar-refractivity contribution in [2.75, 3.05) is 29.9 Å². The number of anilines is 2. The van der Waals surface area contributed by atoms with E-state index in [4.69, 9.17) is 14.7 Å². The van der Waals surface area contributed by atoms with Crippen LogP contribution in [0.3, 0.4) is 0 Å². The SMILES string of the molecule is COc1ccc(N(CCC(=O)Nc2cccc(OCC#N)c2)S(=O)(=O)c2ccc(C)cc2C)cc1. The quantitative estimate of drug-likeness (QED) is 0.447. The van der Waals surface area contributed by atoms with Gasteiger partial charge >= 0.3 is 0 Å². The van der Waals surface area contributed by atoms with Gasteiger partial charge in [0.25, 0.3) is 10.0 Å². The number of hydrogen-bond donors (Lipinski definition) is 1. The first kappa shape index (κ1) is 25.6. The number of methoxy groups -OCH3 is 1. The van der Waals surface area contributed by atoms with Crippen LogP contribution in [0, 0.1) is 25.2 Å². The summed E-state index contributed by atoms with van der Waals surface area (Å²) in [6, 6.07) is 20.3. The average Bonchev–Trinajstić information content (AvgIpc) is 2.83. The van der Waals surface area contributed by atoms with E-state index in [1.54, 1.807) is 67.6 Å². The largest absolute Gasteiger partial charge is 0.497 e. The van der Waals surface area contributed by atoms with Crippen molar-refractivity contribution in [3.8, 4) is 17.6 Å². The van der Waals surface area contributed by atoms with Gasteiger partial charge in [0.1, 0.15) is 17.6 Å². The van der Waals surface area contributed by atoms with E-state index in [-0.39, 0.29) is 30.4 Å². The molecule has 35 heavy (non-hydrogen) atoms. The molecule has 0 aliphatic rings. The van der Waals surface area contributed by atoms with E-state index in [9.17, 15) is 13.2 Å². The predicted molar refractivity (Wildman–Crippen MR) is 134 cm³/mol. The lowest BCUT2D eigenvalue weighted by atomic mass is 10.2. The molecule has 8 nitrogen and oxygen atoms in total. The Kier molecular flexibility index (Phi) is 8.34. The van der Waals surface area contributed by atoms with Gasteiger partial charge in [0.05, 0.1) is 17.7 Å². The number of sulfonamides is 1. The molecular formula is C26H27N3O5S. The third-order valence-electron chi connectivity index (χ3n) is 5.22. The van der Waals surface area contributed by atoms with Crippen LogP contribution in [0.4, 0.5) is 11.4 Å². The molecule has 0 heterocycles. The molecule has 0 aliphatic carbocycles. The minimum absolute atomic E-state index is 0.0710. The molecule has 3 aromatic carbocycles. The molecule has 0 fully saturated rings.